The van der Waals surface area contributed by atoms with Gasteiger partial charge in [0.25, 0.3) is 0 Å². The van der Waals surface area contributed by atoms with Gasteiger partial charge in [-0.15, -0.1) is 0 Å². The highest BCUT2D eigenvalue weighted by Crippen LogP contribution is 2.26. The molecule has 0 aliphatic rings. The Morgan fingerprint density at radius 3 is 2.44 bits per heavy atom. The molecule has 3 aromatic rings. The number of hydrogen-bond acceptors (Lipinski definition) is 1. The van der Waals surface area contributed by atoms with Crippen molar-refractivity contribution in [2.75, 3.05) is 0 Å². The van der Waals surface area contributed by atoms with Crippen molar-refractivity contribution in [1.29, 1.82) is 0 Å². The topological polar surface area (TPSA) is 16.8 Å². The van der Waals surface area contributed by atoms with E-state index in [2.05, 4.69) is 59.1 Å². The summed E-state index contributed by atoms with van der Waals surface area (Å²) >= 11 is 0. The summed E-state index contributed by atoms with van der Waals surface area (Å²) in [4.78, 5) is 4.45. The van der Waals surface area contributed by atoms with Crippen molar-refractivity contribution in [3.05, 3.63) is 72.2 Å². The molecule has 0 saturated carbocycles. The largest absolute Gasteiger partial charge is 0.261 e. The van der Waals surface area contributed by atoms with Crippen LogP contribution in [0.4, 0.5) is 0 Å². The lowest BCUT2D eigenvalue weighted by Gasteiger charge is -2.17. The van der Waals surface area contributed by atoms with Gasteiger partial charge in [-0.3, -0.25) is 4.98 Å². The average molecular weight is 333 g/mol. The molecule has 0 atom stereocenters. The first kappa shape index (κ1) is 14.8. The fraction of sp³-hybridized carbons (Fsp3) is 0.304. The van der Waals surface area contributed by atoms with Crippen LogP contribution < -0.4 is 4.57 Å². The van der Waals surface area contributed by atoms with Crippen LogP contribution in [0.15, 0.2) is 60.9 Å². The molecule has 0 amide bonds. The lowest BCUT2D eigenvalue weighted by Crippen LogP contribution is -2.30. The molecular weight excluding hydrogens is 304 g/mol. The molecule has 1 aromatic carbocycles. The van der Waals surface area contributed by atoms with E-state index in [1.165, 1.54) is 11.1 Å². The standard InChI is InChI=1S/C23H27N2/c1-17-8-6-7-9-21(17)22-14-18(12-13-25(22)5)19-10-11-20(24-16-19)15-23(2,3)4/h6-14,16H,15H2,1-5H3/q+1/i15D2. The van der Waals surface area contributed by atoms with Crippen LogP contribution in [0.5, 0.6) is 0 Å². The van der Waals surface area contributed by atoms with E-state index in [1.807, 2.05) is 33.9 Å². The fourth-order valence-corrected chi connectivity index (χ4v) is 2.90. The lowest BCUT2D eigenvalue weighted by atomic mass is 9.90. The molecule has 2 heterocycles. The van der Waals surface area contributed by atoms with Crippen molar-refractivity contribution < 1.29 is 7.31 Å². The van der Waals surface area contributed by atoms with Crippen LogP contribution in [0.2, 0.25) is 0 Å². The van der Waals surface area contributed by atoms with E-state index < -0.39 is 11.8 Å². The van der Waals surface area contributed by atoms with Gasteiger partial charge >= 0.3 is 0 Å². The van der Waals surface area contributed by atoms with Gasteiger partial charge in [-0.2, -0.15) is 0 Å². The van der Waals surface area contributed by atoms with E-state index >= 15 is 0 Å². The van der Waals surface area contributed by atoms with Crippen molar-refractivity contribution in [3.63, 3.8) is 0 Å². The maximum Gasteiger partial charge on any atom is 0.213 e. The van der Waals surface area contributed by atoms with Crippen LogP contribution in [0.25, 0.3) is 22.4 Å². The summed E-state index contributed by atoms with van der Waals surface area (Å²) < 4.78 is 18.9. The predicted octanol–water partition coefficient (Wildman–Crippen LogP) is 5.14. The monoisotopic (exact) mass is 333 g/mol. The van der Waals surface area contributed by atoms with Gasteiger partial charge in [0.05, 0.1) is 0 Å². The molecule has 0 N–H and O–H groups in total. The van der Waals surface area contributed by atoms with Crippen molar-refractivity contribution in [2.45, 2.75) is 34.1 Å². The second-order valence-corrected chi connectivity index (χ2v) is 7.53. The Bertz CT molecular complexity index is 955. The smallest absolute Gasteiger partial charge is 0.213 e. The summed E-state index contributed by atoms with van der Waals surface area (Å²) in [7, 11) is 2.05. The Morgan fingerprint density at radius 1 is 1.04 bits per heavy atom. The normalized spacial score (nSPS) is 13.3. The van der Waals surface area contributed by atoms with E-state index in [0.29, 0.717) is 5.69 Å². The number of benzene rings is 1. The van der Waals surface area contributed by atoms with E-state index in [-0.39, 0.29) is 0 Å². The molecule has 0 bridgehead atoms. The first-order valence-electron chi connectivity index (χ1n) is 9.64. The van der Waals surface area contributed by atoms with Crippen molar-refractivity contribution in [2.24, 2.45) is 12.5 Å². The molecule has 0 aliphatic heterocycles. The highest BCUT2D eigenvalue weighted by atomic mass is 14.9. The zero-order valence-corrected chi connectivity index (χ0v) is 15.7. The Balaban J connectivity index is 2.01. The van der Waals surface area contributed by atoms with Crippen molar-refractivity contribution >= 4 is 0 Å². The van der Waals surface area contributed by atoms with Crippen LogP contribution in [0.3, 0.4) is 0 Å². The number of nitrogens with zero attached hydrogens (tertiary/aromatic N) is 2. The molecule has 0 unspecified atom stereocenters. The summed E-state index contributed by atoms with van der Waals surface area (Å²) in [5.41, 5.74) is 5.59. The van der Waals surface area contributed by atoms with Gasteiger partial charge in [0.15, 0.2) is 6.20 Å². The third-order valence-corrected chi connectivity index (χ3v) is 4.17. The van der Waals surface area contributed by atoms with Gasteiger partial charge in [-0.25, -0.2) is 4.57 Å². The molecule has 2 nitrogen and oxygen atoms in total. The van der Waals surface area contributed by atoms with Crippen LogP contribution in [0.1, 0.15) is 34.8 Å². The predicted molar refractivity (Wildman–Crippen MR) is 104 cm³/mol. The maximum absolute atomic E-state index is 8.39. The Labute approximate surface area is 154 Å². The second-order valence-electron chi connectivity index (χ2n) is 7.53. The van der Waals surface area contributed by atoms with Crippen molar-refractivity contribution in [1.82, 2.24) is 4.98 Å². The van der Waals surface area contributed by atoms with E-state index in [0.717, 1.165) is 16.8 Å². The van der Waals surface area contributed by atoms with E-state index in [4.69, 9.17) is 2.74 Å². The molecule has 0 radical (unpaired) electrons. The lowest BCUT2D eigenvalue weighted by molar-refractivity contribution is -0.660. The van der Waals surface area contributed by atoms with Crippen LogP contribution in [0, 0.1) is 12.3 Å². The van der Waals surface area contributed by atoms with Crippen LogP contribution in [-0.2, 0) is 13.4 Å². The van der Waals surface area contributed by atoms with E-state index in [9.17, 15) is 0 Å². The minimum atomic E-state index is -1.49. The van der Waals surface area contributed by atoms with Gasteiger partial charge < -0.3 is 0 Å². The first-order valence-corrected chi connectivity index (χ1v) is 8.64. The number of hydrogen-bond donors (Lipinski definition) is 0. The SMILES string of the molecule is [2H]C([2H])(c1ccc(-c2cc[n+](C)c(-c3ccccc3C)c2)cn1)C(C)(C)C. The minimum Gasteiger partial charge on any atom is -0.261 e. The number of rotatable bonds is 3. The van der Waals surface area contributed by atoms with Crippen LogP contribution >= 0.6 is 0 Å². The Morgan fingerprint density at radius 2 is 1.80 bits per heavy atom. The van der Waals surface area contributed by atoms with E-state index in [1.54, 1.807) is 12.3 Å². The summed E-state index contributed by atoms with van der Waals surface area (Å²) in [5, 5.41) is 0. The van der Waals surface area contributed by atoms with Crippen molar-refractivity contribution in [3.8, 4) is 22.4 Å². The highest BCUT2D eigenvalue weighted by Gasteiger charge is 2.15. The third kappa shape index (κ3) is 4.14. The van der Waals surface area contributed by atoms with Gasteiger partial charge in [0.2, 0.25) is 5.69 Å². The summed E-state index contributed by atoms with van der Waals surface area (Å²) in [6.07, 6.45) is 2.34. The van der Waals surface area contributed by atoms with Gasteiger partial charge in [0.1, 0.15) is 7.05 Å². The molecular formula is C23H27N2+. The molecule has 0 fully saturated rings. The molecule has 2 aromatic heterocycles. The highest BCUT2D eigenvalue weighted by molar-refractivity contribution is 5.69. The molecule has 0 spiro atoms. The molecule has 0 aliphatic carbocycles. The molecule has 0 saturated heterocycles. The minimum absolute atomic E-state index is 0.472. The van der Waals surface area contributed by atoms with Gasteiger partial charge in [-0.1, -0.05) is 45.0 Å². The zero-order chi connectivity index (χ0) is 19.8. The van der Waals surface area contributed by atoms with Crippen LogP contribution in [-0.4, -0.2) is 4.98 Å². The summed E-state index contributed by atoms with van der Waals surface area (Å²) in [6, 6.07) is 16.4. The van der Waals surface area contributed by atoms with Gasteiger partial charge in [0, 0.05) is 37.9 Å². The average Bonchev–Trinajstić information content (AvgIpc) is 2.62. The Hall–Kier alpha value is -2.48. The number of pyridine rings is 2. The van der Waals surface area contributed by atoms with Gasteiger partial charge in [-0.05, 0) is 42.0 Å². The first-order chi connectivity index (χ1) is 12.6. The Kier molecular flexibility index (Phi) is 4.03. The summed E-state index contributed by atoms with van der Waals surface area (Å²) in [5.74, 6) is 0. The molecule has 25 heavy (non-hydrogen) atoms. The number of aromatic nitrogens is 2. The summed E-state index contributed by atoms with van der Waals surface area (Å²) in [6.45, 7) is 7.81. The molecule has 128 valence electrons. The quantitative estimate of drug-likeness (QED) is 0.607. The number of aryl methyl sites for hydroxylation is 2. The maximum atomic E-state index is 8.39. The second kappa shape index (κ2) is 6.79. The molecule has 3 rings (SSSR count). The third-order valence-electron chi connectivity index (χ3n) is 4.17. The molecule has 2 heteroatoms. The fourth-order valence-electron chi connectivity index (χ4n) is 2.90. The zero-order valence-electron chi connectivity index (χ0n) is 17.7.